The Kier molecular flexibility index (Phi) is 4.29. The summed E-state index contributed by atoms with van der Waals surface area (Å²) in [7, 11) is -3.69. The van der Waals surface area contributed by atoms with Gasteiger partial charge in [0.05, 0.1) is 5.75 Å². The van der Waals surface area contributed by atoms with Crippen LogP contribution in [0, 0.1) is 0 Å². The van der Waals surface area contributed by atoms with E-state index in [4.69, 9.17) is 5.73 Å². The standard InChI is InChI=1S/C13H15F3N2O2S/c14-13(15,16)11-5-7-18(8-6-11)21(19,20)9-10-3-1-2-4-12(10)17/h1-5H,6-9,17H2. The van der Waals surface area contributed by atoms with Gasteiger partial charge >= 0.3 is 6.18 Å². The van der Waals surface area contributed by atoms with Crippen LogP contribution in [0.3, 0.4) is 0 Å². The molecule has 0 atom stereocenters. The van der Waals surface area contributed by atoms with Crippen LogP contribution in [0.5, 0.6) is 0 Å². The van der Waals surface area contributed by atoms with Gasteiger partial charge in [0.1, 0.15) is 0 Å². The van der Waals surface area contributed by atoms with Gasteiger partial charge in [-0.1, -0.05) is 24.3 Å². The molecular formula is C13H15F3N2O2S. The zero-order valence-electron chi connectivity index (χ0n) is 11.1. The molecule has 0 amide bonds. The number of alkyl halides is 3. The Hall–Kier alpha value is -1.54. The lowest BCUT2D eigenvalue weighted by atomic mass is 10.1. The monoisotopic (exact) mass is 320 g/mol. The summed E-state index contributed by atoms with van der Waals surface area (Å²) in [6.07, 6.45) is -3.79. The molecule has 1 aromatic rings. The first kappa shape index (κ1) is 15.8. The molecule has 0 radical (unpaired) electrons. The van der Waals surface area contributed by atoms with Crippen LogP contribution < -0.4 is 5.73 Å². The van der Waals surface area contributed by atoms with Gasteiger partial charge in [0.25, 0.3) is 0 Å². The summed E-state index contributed by atoms with van der Waals surface area (Å²) < 4.78 is 63.0. The lowest BCUT2D eigenvalue weighted by Gasteiger charge is -2.26. The molecule has 0 bridgehead atoms. The van der Waals surface area contributed by atoms with Crippen molar-refractivity contribution in [3.8, 4) is 0 Å². The Bertz CT molecular complexity index is 654. The van der Waals surface area contributed by atoms with Gasteiger partial charge in [0.15, 0.2) is 0 Å². The molecule has 4 nitrogen and oxygen atoms in total. The summed E-state index contributed by atoms with van der Waals surface area (Å²) in [6, 6.07) is 6.53. The molecular weight excluding hydrogens is 305 g/mol. The molecule has 0 saturated carbocycles. The Balaban J connectivity index is 2.12. The topological polar surface area (TPSA) is 63.4 Å². The van der Waals surface area contributed by atoms with Crippen LogP contribution in [-0.2, 0) is 15.8 Å². The van der Waals surface area contributed by atoms with Crippen molar-refractivity contribution in [2.24, 2.45) is 0 Å². The van der Waals surface area contributed by atoms with Crippen LogP contribution in [0.1, 0.15) is 12.0 Å². The van der Waals surface area contributed by atoms with Crippen LogP contribution >= 0.6 is 0 Å². The predicted molar refractivity (Wildman–Crippen MR) is 73.8 cm³/mol. The maximum absolute atomic E-state index is 12.5. The van der Waals surface area contributed by atoms with Crippen LogP contribution in [0.25, 0.3) is 0 Å². The van der Waals surface area contributed by atoms with Crippen LogP contribution in [0.15, 0.2) is 35.9 Å². The summed E-state index contributed by atoms with van der Waals surface area (Å²) >= 11 is 0. The van der Waals surface area contributed by atoms with Gasteiger partial charge in [0, 0.05) is 24.4 Å². The van der Waals surface area contributed by atoms with E-state index in [2.05, 4.69) is 0 Å². The quantitative estimate of drug-likeness (QED) is 0.686. The molecule has 1 heterocycles. The second-order valence-electron chi connectivity index (χ2n) is 4.79. The molecule has 2 N–H and O–H groups in total. The lowest BCUT2D eigenvalue weighted by molar-refractivity contribution is -0.0953. The van der Waals surface area contributed by atoms with Crippen molar-refractivity contribution in [2.45, 2.75) is 18.3 Å². The maximum atomic E-state index is 12.5. The summed E-state index contributed by atoms with van der Waals surface area (Å²) in [5.74, 6) is -0.311. The number of nitrogens with zero attached hydrogens (tertiary/aromatic N) is 1. The van der Waals surface area contributed by atoms with E-state index in [1.54, 1.807) is 24.3 Å². The van der Waals surface area contributed by atoms with E-state index in [0.717, 1.165) is 10.4 Å². The highest BCUT2D eigenvalue weighted by molar-refractivity contribution is 7.88. The molecule has 0 aromatic heterocycles. The van der Waals surface area contributed by atoms with E-state index >= 15 is 0 Å². The number of rotatable bonds is 3. The molecule has 0 fully saturated rings. The molecule has 1 aliphatic heterocycles. The van der Waals surface area contributed by atoms with Crippen molar-refractivity contribution in [3.05, 3.63) is 41.5 Å². The number of hydrogen-bond acceptors (Lipinski definition) is 3. The molecule has 0 aliphatic carbocycles. The summed E-state index contributed by atoms with van der Waals surface area (Å²) in [4.78, 5) is 0. The highest BCUT2D eigenvalue weighted by Crippen LogP contribution is 2.31. The van der Waals surface area contributed by atoms with Crippen molar-refractivity contribution in [2.75, 3.05) is 18.8 Å². The Morgan fingerprint density at radius 2 is 1.90 bits per heavy atom. The molecule has 0 spiro atoms. The minimum Gasteiger partial charge on any atom is -0.398 e. The van der Waals surface area contributed by atoms with E-state index in [1.165, 1.54) is 0 Å². The van der Waals surface area contributed by atoms with Crippen LogP contribution in [-0.4, -0.2) is 32.0 Å². The number of benzene rings is 1. The third kappa shape index (κ3) is 3.76. The first-order valence-electron chi connectivity index (χ1n) is 6.27. The smallest absolute Gasteiger partial charge is 0.398 e. The second-order valence-corrected chi connectivity index (χ2v) is 6.76. The third-order valence-corrected chi connectivity index (χ3v) is 5.12. The van der Waals surface area contributed by atoms with Gasteiger partial charge in [-0.05, 0) is 18.1 Å². The van der Waals surface area contributed by atoms with Crippen LogP contribution in [0.2, 0.25) is 0 Å². The molecule has 1 aliphatic rings. The summed E-state index contributed by atoms with van der Waals surface area (Å²) in [6.45, 7) is -0.426. The van der Waals surface area contributed by atoms with Gasteiger partial charge in [-0.25, -0.2) is 8.42 Å². The Morgan fingerprint density at radius 1 is 1.24 bits per heavy atom. The average molecular weight is 320 g/mol. The third-order valence-electron chi connectivity index (χ3n) is 3.32. The maximum Gasteiger partial charge on any atom is 0.412 e. The largest absolute Gasteiger partial charge is 0.412 e. The Morgan fingerprint density at radius 3 is 2.43 bits per heavy atom. The molecule has 0 unspecified atom stereocenters. The number of sulfonamides is 1. The van der Waals surface area contributed by atoms with Gasteiger partial charge in [-0.15, -0.1) is 0 Å². The zero-order chi connectivity index (χ0) is 15.7. The summed E-state index contributed by atoms with van der Waals surface area (Å²) in [5.41, 5.74) is 5.82. The van der Waals surface area contributed by atoms with Crippen molar-refractivity contribution < 1.29 is 21.6 Å². The van der Waals surface area contributed by atoms with Crippen molar-refractivity contribution in [1.82, 2.24) is 4.31 Å². The lowest BCUT2D eigenvalue weighted by Crippen LogP contribution is -2.37. The first-order valence-corrected chi connectivity index (χ1v) is 7.88. The van der Waals surface area contributed by atoms with Gasteiger partial charge in [-0.3, -0.25) is 0 Å². The van der Waals surface area contributed by atoms with Crippen LogP contribution in [0.4, 0.5) is 18.9 Å². The fourth-order valence-electron chi connectivity index (χ4n) is 2.11. The molecule has 1 aromatic carbocycles. The molecule has 116 valence electrons. The van der Waals surface area contributed by atoms with Crippen molar-refractivity contribution in [3.63, 3.8) is 0 Å². The predicted octanol–water partition coefficient (Wildman–Crippen LogP) is 2.29. The van der Waals surface area contributed by atoms with E-state index < -0.39 is 21.8 Å². The molecule has 8 heteroatoms. The SMILES string of the molecule is Nc1ccccc1CS(=O)(=O)N1CC=C(C(F)(F)F)CC1. The number of nitrogen functional groups attached to an aromatic ring is 1. The van der Waals surface area contributed by atoms with E-state index in [1.807, 2.05) is 0 Å². The minimum absolute atomic E-state index is 0.166. The number of nitrogens with two attached hydrogens (primary N) is 1. The van der Waals surface area contributed by atoms with Crippen molar-refractivity contribution >= 4 is 15.7 Å². The number of hydrogen-bond donors (Lipinski definition) is 1. The van der Waals surface area contributed by atoms with E-state index in [9.17, 15) is 21.6 Å². The molecule has 0 saturated heterocycles. The van der Waals surface area contributed by atoms with Gasteiger partial charge in [-0.2, -0.15) is 17.5 Å². The van der Waals surface area contributed by atoms with E-state index in [0.29, 0.717) is 11.3 Å². The normalized spacial score (nSPS) is 17.6. The zero-order valence-corrected chi connectivity index (χ0v) is 11.9. The highest BCUT2D eigenvalue weighted by Gasteiger charge is 2.36. The molecule has 2 rings (SSSR count). The number of para-hydroxylation sites is 1. The fourth-order valence-corrected chi connectivity index (χ4v) is 3.62. The van der Waals surface area contributed by atoms with Gasteiger partial charge < -0.3 is 5.73 Å². The number of halogens is 3. The average Bonchev–Trinajstić information content (AvgIpc) is 2.40. The van der Waals surface area contributed by atoms with Crippen molar-refractivity contribution in [1.29, 1.82) is 0 Å². The van der Waals surface area contributed by atoms with Gasteiger partial charge in [0.2, 0.25) is 10.0 Å². The highest BCUT2D eigenvalue weighted by atomic mass is 32.2. The number of anilines is 1. The fraction of sp³-hybridized carbons (Fsp3) is 0.385. The minimum atomic E-state index is -4.39. The second kappa shape index (κ2) is 5.69. The summed E-state index contributed by atoms with van der Waals surface area (Å²) in [5, 5.41) is 0. The first-order chi connectivity index (χ1) is 9.70. The van der Waals surface area contributed by atoms with E-state index in [-0.39, 0.29) is 25.3 Å². The Labute approximate surface area is 121 Å². The molecule has 21 heavy (non-hydrogen) atoms.